The van der Waals surface area contributed by atoms with Crippen LogP contribution in [0.2, 0.25) is 0 Å². The molecule has 0 heterocycles. The molecule has 1 nitrogen and oxygen atoms in total. The highest BCUT2D eigenvalue weighted by Gasteiger charge is 2.56. The van der Waals surface area contributed by atoms with Gasteiger partial charge >= 0.3 is 0 Å². The molecule has 0 unspecified atom stereocenters. The molecule has 1 fully saturated rings. The Hall–Kier alpha value is -0.640. The van der Waals surface area contributed by atoms with E-state index in [0.717, 1.165) is 32.9 Å². The van der Waals surface area contributed by atoms with Crippen LogP contribution in [0, 0.1) is 5.41 Å². The average Bonchev–Trinajstić information content (AvgIpc) is 3.19. The summed E-state index contributed by atoms with van der Waals surface area (Å²) in [4.78, 5) is 0. The normalized spacial score (nSPS) is 17.0. The first kappa shape index (κ1) is 14.3. The maximum atomic E-state index is 11.5. The van der Waals surface area contributed by atoms with Crippen LogP contribution in [0.5, 0.6) is 0 Å². The number of halogens is 2. The van der Waals surface area contributed by atoms with Crippen LogP contribution in [0.1, 0.15) is 30.9 Å². The Balaban J connectivity index is 2.14. The molecular weight excluding hydrogens is 380 g/mol. The van der Waals surface area contributed by atoms with Gasteiger partial charge in [0, 0.05) is 14.4 Å². The van der Waals surface area contributed by atoms with Crippen molar-refractivity contribution < 1.29 is 5.11 Å². The fourth-order valence-corrected chi connectivity index (χ4v) is 3.32. The predicted octanol–water partition coefficient (Wildman–Crippen LogP) is 5.25. The molecule has 1 aliphatic carbocycles. The Labute approximate surface area is 136 Å². The standard InChI is InChI=1S/C17H16Br2O/c1-16(10-11-16)17(20,12-2-6-14(18)7-3-12)13-4-8-15(19)9-5-13/h2-9,20H,10-11H2,1H3. The molecule has 1 N–H and O–H groups in total. The first-order valence-electron chi connectivity index (χ1n) is 6.70. The number of aliphatic hydroxyl groups is 1. The van der Waals surface area contributed by atoms with Gasteiger partial charge in [-0.3, -0.25) is 0 Å². The Bertz CT molecular complexity index is 567. The molecular formula is C17H16Br2O. The van der Waals surface area contributed by atoms with Crippen LogP contribution in [0.25, 0.3) is 0 Å². The summed E-state index contributed by atoms with van der Waals surface area (Å²) in [6.07, 6.45) is 2.10. The van der Waals surface area contributed by atoms with E-state index < -0.39 is 5.60 Å². The number of hydrogen-bond acceptors (Lipinski definition) is 1. The summed E-state index contributed by atoms with van der Waals surface area (Å²) < 4.78 is 2.06. The van der Waals surface area contributed by atoms with E-state index in [-0.39, 0.29) is 5.41 Å². The SMILES string of the molecule is CC1(C(O)(c2ccc(Br)cc2)c2ccc(Br)cc2)CC1. The van der Waals surface area contributed by atoms with Crippen molar-refractivity contribution in [3.8, 4) is 0 Å². The maximum Gasteiger partial charge on any atom is 0.120 e. The van der Waals surface area contributed by atoms with Gasteiger partial charge in [-0.2, -0.15) is 0 Å². The molecule has 0 aromatic heterocycles. The molecule has 0 aliphatic heterocycles. The molecule has 0 bridgehead atoms. The van der Waals surface area contributed by atoms with Gasteiger partial charge in [-0.25, -0.2) is 0 Å². The van der Waals surface area contributed by atoms with E-state index in [4.69, 9.17) is 0 Å². The van der Waals surface area contributed by atoms with Gasteiger partial charge < -0.3 is 5.11 Å². The van der Waals surface area contributed by atoms with E-state index in [1.807, 2.05) is 48.5 Å². The second-order valence-electron chi connectivity index (χ2n) is 5.78. The summed E-state index contributed by atoms with van der Waals surface area (Å²) in [7, 11) is 0. The molecule has 0 spiro atoms. The zero-order valence-corrected chi connectivity index (χ0v) is 14.4. The lowest BCUT2D eigenvalue weighted by molar-refractivity contribution is 0.00972. The van der Waals surface area contributed by atoms with Crippen molar-refractivity contribution in [3.63, 3.8) is 0 Å². The molecule has 1 aliphatic rings. The molecule has 3 heteroatoms. The third-order valence-electron chi connectivity index (χ3n) is 4.40. The van der Waals surface area contributed by atoms with E-state index in [2.05, 4.69) is 38.8 Å². The molecule has 20 heavy (non-hydrogen) atoms. The lowest BCUT2D eigenvalue weighted by Crippen LogP contribution is -2.36. The van der Waals surface area contributed by atoms with Crippen LogP contribution in [0.4, 0.5) is 0 Å². The van der Waals surface area contributed by atoms with Gasteiger partial charge in [-0.05, 0) is 48.2 Å². The first-order valence-corrected chi connectivity index (χ1v) is 8.29. The third kappa shape index (κ3) is 2.26. The van der Waals surface area contributed by atoms with Crippen molar-refractivity contribution in [1.82, 2.24) is 0 Å². The van der Waals surface area contributed by atoms with Crippen molar-refractivity contribution in [2.24, 2.45) is 5.41 Å². The molecule has 3 rings (SSSR count). The summed E-state index contributed by atoms with van der Waals surface area (Å²) in [5.41, 5.74) is 0.925. The van der Waals surface area contributed by atoms with Gasteiger partial charge in [0.05, 0.1) is 0 Å². The monoisotopic (exact) mass is 394 g/mol. The summed E-state index contributed by atoms with van der Waals surface area (Å²) in [6.45, 7) is 2.16. The quantitative estimate of drug-likeness (QED) is 0.752. The number of rotatable bonds is 3. The van der Waals surface area contributed by atoms with Gasteiger partial charge in [-0.15, -0.1) is 0 Å². The van der Waals surface area contributed by atoms with Crippen LogP contribution in [0.3, 0.4) is 0 Å². The van der Waals surface area contributed by atoms with Crippen molar-refractivity contribution in [1.29, 1.82) is 0 Å². The second-order valence-corrected chi connectivity index (χ2v) is 7.62. The minimum absolute atomic E-state index is 0.0747. The third-order valence-corrected chi connectivity index (χ3v) is 5.45. The first-order chi connectivity index (χ1) is 9.46. The molecule has 0 saturated heterocycles. The number of hydrogen-bond donors (Lipinski definition) is 1. The van der Waals surface area contributed by atoms with Crippen LogP contribution in [-0.4, -0.2) is 5.11 Å². The van der Waals surface area contributed by atoms with Gasteiger partial charge in [-0.1, -0.05) is 63.0 Å². The lowest BCUT2D eigenvalue weighted by atomic mass is 9.74. The Morgan fingerprint density at radius 3 is 1.50 bits per heavy atom. The fraction of sp³-hybridized carbons (Fsp3) is 0.294. The molecule has 2 aromatic carbocycles. The largest absolute Gasteiger partial charge is 0.380 e. The minimum atomic E-state index is -0.922. The Morgan fingerprint density at radius 1 is 0.850 bits per heavy atom. The van der Waals surface area contributed by atoms with E-state index in [1.54, 1.807) is 0 Å². The van der Waals surface area contributed by atoms with Crippen molar-refractivity contribution in [2.75, 3.05) is 0 Å². The van der Waals surface area contributed by atoms with Crippen LogP contribution in [0.15, 0.2) is 57.5 Å². The van der Waals surface area contributed by atoms with Crippen molar-refractivity contribution >= 4 is 31.9 Å². The zero-order valence-electron chi connectivity index (χ0n) is 11.2. The molecule has 104 valence electrons. The van der Waals surface area contributed by atoms with Crippen molar-refractivity contribution in [3.05, 3.63) is 68.6 Å². The van der Waals surface area contributed by atoms with E-state index in [9.17, 15) is 5.11 Å². The minimum Gasteiger partial charge on any atom is -0.380 e. The van der Waals surface area contributed by atoms with Gasteiger partial charge in [0.25, 0.3) is 0 Å². The topological polar surface area (TPSA) is 20.2 Å². The van der Waals surface area contributed by atoms with Crippen LogP contribution < -0.4 is 0 Å². The van der Waals surface area contributed by atoms with E-state index in [1.165, 1.54) is 0 Å². The van der Waals surface area contributed by atoms with Crippen molar-refractivity contribution in [2.45, 2.75) is 25.4 Å². The van der Waals surface area contributed by atoms with E-state index in [0.29, 0.717) is 0 Å². The average molecular weight is 396 g/mol. The molecule has 2 aromatic rings. The number of benzene rings is 2. The Morgan fingerprint density at radius 2 is 1.20 bits per heavy atom. The predicted molar refractivity (Wildman–Crippen MR) is 88.6 cm³/mol. The Kier molecular flexibility index (Phi) is 3.56. The highest BCUT2D eigenvalue weighted by molar-refractivity contribution is 9.10. The molecule has 0 radical (unpaired) electrons. The van der Waals surface area contributed by atoms with Gasteiger partial charge in [0.15, 0.2) is 0 Å². The second kappa shape index (κ2) is 4.97. The summed E-state index contributed by atoms with van der Waals surface area (Å²) in [5, 5.41) is 11.5. The summed E-state index contributed by atoms with van der Waals surface area (Å²) >= 11 is 6.91. The van der Waals surface area contributed by atoms with Gasteiger partial charge in [0.2, 0.25) is 0 Å². The molecule has 0 amide bonds. The smallest absolute Gasteiger partial charge is 0.120 e. The van der Waals surface area contributed by atoms with Crippen LogP contribution >= 0.6 is 31.9 Å². The summed E-state index contributed by atoms with van der Waals surface area (Å²) in [5.74, 6) is 0. The highest BCUT2D eigenvalue weighted by Crippen LogP contribution is 2.60. The summed E-state index contributed by atoms with van der Waals surface area (Å²) in [6, 6.07) is 16.0. The lowest BCUT2D eigenvalue weighted by Gasteiger charge is -2.36. The highest BCUT2D eigenvalue weighted by atomic mass is 79.9. The van der Waals surface area contributed by atoms with Crippen LogP contribution in [-0.2, 0) is 5.60 Å². The van der Waals surface area contributed by atoms with E-state index >= 15 is 0 Å². The fourth-order valence-electron chi connectivity index (χ4n) is 2.80. The van der Waals surface area contributed by atoms with Gasteiger partial charge in [0.1, 0.15) is 5.60 Å². The maximum absolute atomic E-state index is 11.5. The zero-order chi connectivity index (χ0) is 14.4. The molecule has 0 atom stereocenters. The molecule has 1 saturated carbocycles.